The van der Waals surface area contributed by atoms with Crippen molar-refractivity contribution in [3.8, 4) is 17.2 Å². The van der Waals surface area contributed by atoms with E-state index in [-0.39, 0.29) is 0 Å². The number of esters is 2. The van der Waals surface area contributed by atoms with Crippen LogP contribution in [-0.4, -0.2) is 19.0 Å². The lowest BCUT2D eigenvalue weighted by molar-refractivity contribution is 0.0726. The molecule has 0 saturated carbocycles. The molecule has 5 nitrogen and oxygen atoms in total. The first kappa shape index (κ1) is 21.2. The summed E-state index contributed by atoms with van der Waals surface area (Å²) in [4.78, 5) is 26.0. The molecular weight excluding hydrogens is 428 g/mol. The second kappa shape index (κ2) is 9.08. The molecule has 0 N–H and O–H groups in total. The van der Waals surface area contributed by atoms with Crippen molar-refractivity contribution >= 4 is 33.5 Å². The van der Waals surface area contributed by atoms with E-state index in [2.05, 4.69) is 0 Å². The SMILES string of the molecule is COc1cccc2c(OC(=O)c3ccccc3)c3ccccc3c(OC(=O)c3ccccc3)c12. The molecule has 0 aromatic heterocycles. The van der Waals surface area contributed by atoms with Crippen molar-refractivity contribution in [2.75, 3.05) is 7.11 Å². The second-order valence-electron chi connectivity index (χ2n) is 7.60. The highest BCUT2D eigenvalue weighted by Gasteiger charge is 2.23. The van der Waals surface area contributed by atoms with Gasteiger partial charge in [-0.25, -0.2) is 9.59 Å². The Balaban J connectivity index is 1.74. The van der Waals surface area contributed by atoms with Crippen molar-refractivity contribution in [3.63, 3.8) is 0 Å². The van der Waals surface area contributed by atoms with Crippen molar-refractivity contribution in [1.29, 1.82) is 0 Å². The minimum absolute atomic E-state index is 0.344. The second-order valence-corrected chi connectivity index (χ2v) is 7.60. The first-order chi connectivity index (χ1) is 16.7. The third kappa shape index (κ3) is 3.84. The summed E-state index contributed by atoms with van der Waals surface area (Å²) in [6.07, 6.45) is 0. The molecule has 0 bridgehead atoms. The molecule has 0 aliphatic carbocycles. The van der Waals surface area contributed by atoms with E-state index in [0.717, 1.165) is 0 Å². The van der Waals surface area contributed by atoms with E-state index in [9.17, 15) is 9.59 Å². The van der Waals surface area contributed by atoms with Crippen LogP contribution in [-0.2, 0) is 0 Å². The normalized spacial score (nSPS) is 10.7. The van der Waals surface area contributed by atoms with Gasteiger partial charge in [-0.05, 0) is 30.3 Å². The van der Waals surface area contributed by atoms with E-state index in [4.69, 9.17) is 14.2 Å². The van der Waals surface area contributed by atoms with Gasteiger partial charge in [-0.15, -0.1) is 0 Å². The number of carbonyl (C=O) groups is 2. The van der Waals surface area contributed by atoms with Gasteiger partial charge in [0.05, 0.1) is 23.6 Å². The maximum absolute atomic E-state index is 13.0. The molecule has 5 aromatic rings. The predicted octanol–water partition coefficient (Wildman–Crippen LogP) is 6.44. The van der Waals surface area contributed by atoms with Crippen LogP contribution in [0.2, 0.25) is 0 Å². The van der Waals surface area contributed by atoms with Gasteiger partial charge in [0.1, 0.15) is 11.5 Å². The zero-order valence-corrected chi connectivity index (χ0v) is 18.4. The Morgan fingerprint density at radius 3 is 1.56 bits per heavy atom. The van der Waals surface area contributed by atoms with Gasteiger partial charge in [-0.1, -0.05) is 72.8 Å². The van der Waals surface area contributed by atoms with Crippen LogP contribution < -0.4 is 14.2 Å². The molecule has 0 amide bonds. The molecular formula is C29H20O5. The molecule has 166 valence electrons. The third-order valence-corrected chi connectivity index (χ3v) is 5.54. The smallest absolute Gasteiger partial charge is 0.343 e. The Kier molecular flexibility index (Phi) is 5.67. The Hall–Kier alpha value is -4.64. The molecule has 34 heavy (non-hydrogen) atoms. The molecule has 5 heteroatoms. The number of benzene rings is 5. The zero-order chi connectivity index (χ0) is 23.5. The maximum atomic E-state index is 13.0. The molecule has 0 saturated heterocycles. The monoisotopic (exact) mass is 448 g/mol. The van der Waals surface area contributed by atoms with E-state index in [0.29, 0.717) is 49.9 Å². The van der Waals surface area contributed by atoms with E-state index in [1.165, 1.54) is 0 Å². The van der Waals surface area contributed by atoms with Gasteiger partial charge in [0.2, 0.25) is 0 Å². The first-order valence-corrected chi connectivity index (χ1v) is 10.7. The summed E-state index contributed by atoms with van der Waals surface area (Å²) in [5.74, 6) is 0.237. The Morgan fingerprint density at radius 2 is 1.00 bits per heavy atom. The van der Waals surface area contributed by atoms with Gasteiger partial charge in [0.15, 0.2) is 5.75 Å². The average molecular weight is 448 g/mol. The molecule has 0 radical (unpaired) electrons. The Bertz CT molecular complexity index is 1510. The first-order valence-electron chi connectivity index (χ1n) is 10.7. The number of carbonyl (C=O) groups excluding carboxylic acids is 2. The summed E-state index contributed by atoms with van der Waals surface area (Å²) >= 11 is 0. The topological polar surface area (TPSA) is 61.8 Å². The highest BCUT2D eigenvalue weighted by atomic mass is 16.5. The summed E-state index contributed by atoms with van der Waals surface area (Å²) in [5, 5.41) is 2.41. The molecule has 0 spiro atoms. The molecule has 0 atom stereocenters. The van der Waals surface area contributed by atoms with Gasteiger partial charge < -0.3 is 14.2 Å². The number of ether oxygens (including phenoxy) is 3. The fourth-order valence-electron chi connectivity index (χ4n) is 3.95. The number of fused-ring (bicyclic) bond motifs is 2. The summed E-state index contributed by atoms with van der Waals surface area (Å²) < 4.78 is 17.5. The fourth-order valence-corrected chi connectivity index (χ4v) is 3.95. The van der Waals surface area contributed by atoms with Crippen LogP contribution in [0.3, 0.4) is 0 Å². The van der Waals surface area contributed by atoms with Gasteiger partial charge >= 0.3 is 11.9 Å². The van der Waals surface area contributed by atoms with Crippen LogP contribution >= 0.6 is 0 Å². The van der Waals surface area contributed by atoms with Gasteiger partial charge in [0.25, 0.3) is 0 Å². The minimum atomic E-state index is -0.494. The Labute approximate surface area is 196 Å². The summed E-state index contributed by atoms with van der Waals surface area (Å²) in [5.41, 5.74) is 0.858. The number of methoxy groups -OCH3 is 1. The average Bonchev–Trinajstić information content (AvgIpc) is 2.90. The van der Waals surface area contributed by atoms with Crippen molar-refractivity contribution in [2.45, 2.75) is 0 Å². The van der Waals surface area contributed by atoms with E-state index in [1.807, 2.05) is 42.5 Å². The zero-order valence-electron chi connectivity index (χ0n) is 18.4. The molecule has 5 rings (SSSR count). The summed E-state index contributed by atoms with van der Waals surface area (Å²) in [6.45, 7) is 0. The summed E-state index contributed by atoms with van der Waals surface area (Å²) in [7, 11) is 1.54. The molecule has 0 aliphatic heterocycles. The highest BCUT2D eigenvalue weighted by Crippen LogP contribution is 2.46. The van der Waals surface area contributed by atoms with Crippen LogP contribution in [0.5, 0.6) is 17.2 Å². The van der Waals surface area contributed by atoms with Gasteiger partial charge in [-0.3, -0.25) is 0 Å². The van der Waals surface area contributed by atoms with Gasteiger partial charge in [-0.2, -0.15) is 0 Å². The highest BCUT2D eigenvalue weighted by molar-refractivity contribution is 6.15. The van der Waals surface area contributed by atoms with Crippen molar-refractivity contribution < 1.29 is 23.8 Å². The molecule has 0 heterocycles. The maximum Gasteiger partial charge on any atom is 0.343 e. The van der Waals surface area contributed by atoms with Crippen molar-refractivity contribution in [1.82, 2.24) is 0 Å². The molecule has 0 unspecified atom stereocenters. The molecule has 0 fully saturated rings. The molecule has 5 aromatic carbocycles. The van der Waals surface area contributed by atoms with Crippen LogP contribution in [0, 0.1) is 0 Å². The summed E-state index contributed by atoms with van der Waals surface area (Å²) in [6, 6.07) is 30.3. The third-order valence-electron chi connectivity index (χ3n) is 5.54. The fraction of sp³-hybridized carbons (Fsp3) is 0.0345. The van der Waals surface area contributed by atoms with Gasteiger partial charge in [0, 0.05) is 16.2 Å². The van der Waals surface area contributed by atoms with E-state index >= 15 is 0 Å². The van der Waals surface area contributed by atoms with Crippen LogP contribution in [0.25, 0.3) is 21.5 Å². The van der Waals surface area contributed by atoms with E-state index < -0.39 is 11.9 Å². The quantitative estimate of drug-likeness (QED) is 0.176. The molecule has 0 aliphatic rings. The van der Waals surface area contributed by atoms with Crippen LogP contribution in [0.15, 0.2) is 103 Å². The lowest BCUT2D eigenvalue weighted by Crippen LogP contribution is -2.11. The van der Waals surface area contributed by atoms with E-state index in [1.54, 1.807) is 67.8 Å². The largest absolute Gasteiger partial charge is 0.496 e. The number of hydrogen-bond acceptors (Lipinski definition) is 5. The predicted molar refractivity (Wildman–Crippen MR) is 131 cm³/mol. The van der Waals surface area contributed by atoms with Crippen LogP contribution in [0.4, 0.5) is 0 Å². The number of rotatable bonds is 5. The number of hydrogen-bond donors (Lipinski definition) is 0. The van der Waals surface area contributed by atoms with Crippen molar-refractivity contribution in [2.24, 2.45) is 0 Å². The minimum Gasteiger partial charge on any atom is -0.496 e. The van der Waals surface area contributed by atoms with Crippen LogP contribution in [0.1, 0.15) is 20.7 Å². The standard InChI is InChI=1S/C29H20O5/c1-32-24-18-10-17-23-25(24)27(34-29(31)20-13-6-3-7-14-20)22-16-9-8-15-21(22)26(23)33-28(30)19-11-4-2-5-12-19/h2-18H,1H3. The Morgan fingerprint density at radius 1 is 0.529 bits per heavy atom. The van der Waals surface area contributed by atoms with Crippen molar-refractivity contribution in [3.05, 3.63) is 114 Å². The lowest BCUT2D eigenvalue weighted by atomic mass is 9.99. The lowest BCUT2D eigenvalue weighted by Gasteiger charge is -2.18.